The molecule has 0 saturated carbocycles. The molecule has 0 amide bonds. The Morgan fingerprint density at radius 1 is 0.810 bits per heavy atom. The van der Waals surface area contributed by atoms with Crippen LogP contribution < -0.4 is 0 Å². The minimum atomic E-state index is -0.447. The third-order valence-electron chi connectivity index (χ3n) is 4.54. The zero-order chi connectivity index (χ0) is 14.2. The number of hydrogen-bond donors (Lipinski definition) is 1. The van der Waals surface area contributed by atoms with E-state index in [4.69, 9.17) is 0 Å². The first-order valence-electron chi connectivity index (χ1n) is 7.58. The van der Waals surface area contributed by atoms with Crippen LogP contribution >= 0.6 is 0 Å². The van der Waals surface area contributed by atoms with Crippen LogP contribution in [0, 0.1) is 0 Å². The van der Waals surface area contributed by atoms with Gasteiger partial charge in [-0.2, -0.15) is 0 Å². The van der Waals surface area contributed by atoms with E-state index in [2.05, 4.69) is 42.5 Å². The van der Waals surface area contributed by atoms with Crippen molar-refractivity contribution in [2.45, 2.75) is 25.4 Å². The molecule has 21 heavy (non-hydrogen) atoms. The molecular formula is C20H18O. The maximum atomic E-state index is 10.7. The average molecular weight is 274 g/mol. The van der Waals surface area contributed by atoms with E-state index in [0.29, 0.717) is 6.42 Å². The monoisotopic (exact) mass is 274 g/mol. The molecule has 3 aromatic carbocycles. The van der Waals surface area contributed by atoms with Crippen molar-refractivity contribution in [3.8, 4) is 0 Å². The van der Waals surface area contributed by atoms with Gasteiger partial charge in [-0.1, -0.05) is 60.7 Å². The highest BCUT2D eigenvalue weighted by molar-refractivity contribution is 5.93. The van der Waals surface area contributed by atoms with Crippen LogP contribution in [0.15, 0.2) is 60.7 Å². The molecule has 3 aromatic rings. The van der Waals surface area contributed by atoms with Crippen molar-refractivity contribution in [1.82, 2.24) is 0 Å². The van der Waals surface area contributed by atoms with Gasteiger partial charge in [-0.15, -0.1) is 0 Å². The maximum Gasteiger partial charge on any atom is 0.0836 e. The van der Waals surface area contributed by atoms with Crippen molar-refractivity contribution < 1.29 is 5.11 Å². The topological polar surface area (TPSA) is 20.2 Å². The van der Waals surface area contributed by atoms with Crippen LogP contribution in [0.5, 0.6) is 0 Å². The number of aliphatic hydroxyl groups excluding tert-OH is 1. The first kappa shape index (κ1) is 12.6. The molecule has 1 nitrogen and oxygen atoms in total. The van der Waals surface area contributed by atoms with Crippen LogP contribution in [0.25, 0.3) is 10.8 Å². The second-order valence-corrected chi connectivity index (χ2v) is 5.86. The SMILES string of the molecule is OC(Cc1ccccc1)c1ccc2c3c(cccc13)CC2. The smallest absolute Gasteiger partial charge is 0.0836 e. The van der Waals surface area contributed by atoms with Crippen molar-refractivity contribution in [3.05, 3.63) is 82.9 Å². The van der Waals surface area contributed by atoms with Crippen molar-refractivity contribution in [1.29, 1.82) is 0 Å². The Morgan fingerprint density at radius 3 is 2.38 bits per heavy atom. The van der Waals surface area contributed by atoms with Crippen LogP contribution in [0.2, 0.25) is 0 Å². The molecule has 0 spiro atoms. The van der Waals surface area contributed by atoms with Gasteiger partial charge in [-0.3, -0.25) is 0 Å². The molecule has 0 fully saturated rings. The zero-order valence-electron chi connectivity index (χ0n) is 11.9. The number of rotatable bonds is 3. The van der Waals surface area contributed by atoms with E-state index in [9.17, 15) is 5.11 Å². The second kappa shape index (κ2) is 5.01. The Labute approximate surface area is 124 Å². The van der Waals surface area contributed by atoms with Gasteiger partial charge in [0.15, 0.2) is 0 Å². The lowest BCUT2D eigenvalue weighted by Gasteiger charge is -2.15. The predicted molar refractivity (Wildman–Crippen MR) is 86.5 cm³/mol. The van der Waals surface area contributed by atoms with Crippen LogP contribution in [0.1, 0.15) is 28.4 Å². The summed E-state index contributed by atoms with van der Waals surface area (Å²) in [7, 11) is 0. The van der Waals surface area contributed by atoms with E-state index in [1.54, 1.807) is 0 Å². The van der Waals surface area contributed by atoms with Crippen LogP contribution in [0.3, 0.4) is 0 Å². The fraction of sp³-hybridized carbons (Fsp3) is 0.200. The lowest BCUT2D eigenvalue weighted by Crippen LogP contribution is -2.03. The van der Waals surface area contributed by atoms with Gasteiger partial charge in [0.2, 0.25) is 0 Å². The molecule has 1 N–H and O–H groups in total. The summed E-state index contributed by atoms with van der Waals surface area (Å²) in [6.45, 7) is 0. The van der Waals surface area contributed by atoms with Crippen molar-refractivity contribution >= 4 is 10.8 Å². The number of aliphatic hydroxyl groups is 1. The van der Waals surface area contributed by atoms with Crippen molar-refractivity contribution in [3.63, 3.8) is 0 Å². The summed E-state index contributed by atoms with van der Waals surface area (Å²) in [6.07, 6.45) is 2.48. The largest absolute Gasteiger partial charge is 0.388 e. The number of benzene rings is 3. The summed E-state index contributed by atoms with van der Waals surface area (Å²) in [5.74, 6) is 0. The third-order valence-corrected chi connectivity index (χ3v) is 4.54. The predicted octanol–water partition coefficient (Wildman–Crippen LogP) is 4.21. The summed E-state index contributed by atoms with van der Waals surface area (Å²) in [6, 6.07) is 21.0. The van der Waals surface area contributed by atoms with Crippen LogP contribution in [0.4, 0.5) is 0 Å². The molecule has 1 aliphatic rings. The van der Waals surface area contributed by atoms with E-state index in [-0.39, 0.29) is 0 Å². The third kappa shape index (κ3) is 2.14. The molecule has 0 aromatic heterocycles. The van der Waals surface area contributed by atoms with Gasteiger partial charge in [-0.25, -0.2) is 0 Å². The van der Waals surface area contributed by atoms with E-state index in [0.717, 1.165) is 18.4 Å². The Bertz CT molecular complexity index is 779. The highest BCUT2D eigenvalue weighted by Gasteiger charge is 2.19. The molecule has 0 heterocycles. The minimum absolute atomic E-state index is 0.447. The normalized spacial score (nSPS) is 14.5. The van der Waals surface area contributed by atoms with Gasteiger partial charge >= 0.3 is 0 Å². The van der Waals surface area contributed by atoms with Crippen LogP contribution in [-0.4, -0.2) is 5.11 Å². The van der Waals surface area contributed by atoms with Gasteiger partial charge in [-0.05, 0) is 45.9 Å². The van der Waals surface area contributed by atoms with E-state index in [1.165, 1.54) is 27.5 Å². The van der Waals surface area contributed by atoms with Gasteiger partial charge in [0.25, 0.3) is 0 Å². The van der Waals surface area contributed by atoms with E-state index in [1.807, 2.05) is 18.2 Å². The first-order valence-corrected chi connectivity index (χ1v) is 7.58. The summed E-state index contributed by atoms with van der Waals surface area (Å²) < 4.78 is 0. The maximum absolute atomic E-state index is 10.7. The van der Waals surface area contributed by atoms with Gasteiger partial charge < -0.3 is 5.11 Å². The van der Waals surface area contributed by atoms with Crippen molar-refractivity contribution in [2.24, 2.45) is 0 Å². The Morgan fingerprint density at radius 2 is 1.57 bits per heavy atom. The molecule has 104 valence electrons. The highest BCUT2D eigenvalue weighted by Crippen LogP contribution is 2.35. The molecule has 0 saturated heterocycles. The molecule has 1 aliphatic carbocycles. The van der Waals surface area contributed by atoms with Gasteiger partial charge in [0, 0.05) is 6.42 Å². The summed E-state index contributed by atoms with van der Waals surface area (Å²) in [4.78, 5) is 0. The first-order chi connectivity index (χ1) is 10.3. The lowest BCUT2D eigenvalue weighted by atomic mass is 9.94. The Hall–Kier alpha value is -2.12. The quantitative estimate of drug-likeness (QED) is 0.758. The molecule has 0 aliphatic heterocycles. The summed E-state index contributed by atoms with van der Waals surface area (Å²) in [5, 5.41) is 13.3. The molecule has 1 heteroatoms. The minimum Gasteiger partial charge on any atom is -0.388 e. The Balaban J connectivity index is 1.77. The van der Waals surface area contributed by atoms with E-state index >= 15 is 0 Å². The average Bonchev–Trinajstić information content (AvgIpc) is 2.94. The van der Waals surface area contributed by atoms with Crippen molar-refractivity contribution in [2.75, 3.05) is 0 Å². The van der Waals surface area contributed by atoms with Gasteiger partial charge in [0.1, 0.15) is 0 Å². The second-order valence-electron chi connectivity index (χ2n) is 5.86. The molecule has 1 atom stereocenters. The molecule has 0 bridgehead atoms. The van der Waals surface area contributed by atoms with Crippen LogP contribution in [-0.2, 0) is 19.3 Å². The fourth-order valence-corrected chi connectivity index (χ4v) is 3.51. The summed E-state index contributed by atoms with van der Waals surface area (Å²) in [5.41, 5.74) is 5.09. The lowest BCUT2D eigenvalue weighted by molar-refractivity contribution is 0.180. The molecule has 1 unspecified atom stereocenters. The Kier molecular flexibility index (Phi) is 3.01. The summed E-state index contributed by atoms with van der Waals surface area (Å²) >= 11 is 0. The molecule has 0 radical (unpaired) electrons. The highest BCUT2D eigenvalue weighted by atomic mass is 16.3. The number of hydrogen-bond acceptors (Lipinski definition) is 1. The molecule has 4 rings (SSSR count). The standard InChI is InChI=1S/C20H18O/c21-19(13-14-5-2-1-3-6-14)17-12-11-16-10-9-15-7-4-8-18(17)20(15)16/h1-8,11-12,19,21H,9-10,13H2. The van der Waals surface area contributed by atoms with E-state index < -0.39 is 6.10 Å². The van der Waals surface area contributed by atoms with Gasteiger partial charge in [0.05, 0.1) is 6.10 Å². The zero-order valence-corrected chi connectivity index (χ0v) is 11.9. The fourth-order valence-electron chi connectivity index (χ4n) is 3.51. The number of aryl methyl sites for hydroxylation is 2. The molecular weight excluding hydrogens is 256 g/mol.